The smallest absolute Gasteiger partial charge is 0.325 e. The van der Waals surface area contributed by atoms with Gasteiger partial charge in [0.1, 0.15) is 11.9 Å². The van der Waals surface area contributed by atoms with Crippen LogP contribution in [-0.2, 0) is 11.3 Å². The Morgan fingerprint density at radius 2 is 1.95 bits per heavy atom. The van der Waals surface area contributed by atoms with Gasteiger partial charge < -0.3 is 5.11 Å². The number of benzene rings is 2. The highest BCUT2D eigenvalue weighted by Crippen LogP contribution is 2.15. The molecule has 104 valence electrons. The van der Waals surface area contributed by atoms with Gasteiger partial charge >= 0.3 is 5.97 Å². The average Bonchev–Trinajstić information content (AvgIpc) is 2.41. The van der Waals surface area contributed by atoms with E-state index in [-0.39, 0.29) is 0 Å². The number of nitrogens with one attached hydrogen (secondary N) is 1. The zero-order valence-electron chi connectivity index (χ0n) is 11.1. The molecular weight excluding hydrogens is 257 g/mol. The van der Waals surface area contributed by atoms with E-state index in [1.54, 1.807) is 6.07 Å². The molecule has 0 spiro atoms. The van der Waals surface area contributed by atoms with Gasteiger partial charge in [-0.15, -0.1) is 0 Å². The molecule has 4 heteroatoms. The molecule has 2 N–H and O–H groups in total. The number of carbonyl (C=O) groups is 1. The molecule has 0 aliphatic rings. The molecule has 1 atom stereocenters. The Balaban J connectivity index is 2.10. The molecule has 2 aromatic rings. The van der Waals surface area contributed by atoms with Crippen LogP contribution < -0.4 is 5.32 Å². The Morgan fingerprint density at radius 1 is 1.25 bits per heavy atom. The second-order valence-electron chi connectivity index (χ2n) is 4.69. The molecule has 0 fully saturated rings. The number of hydrogen-bond donors (Lipinski definition) is 2. The number of carboxylic acid groups (broad SMARTS) is 1. The summed E-state index contributed by atoms with van der Waals surface area (Å²) in [5.74, 6) is -1.46. The maximum Gasteiger partial charge on any atom is 0.325 e. The fraction of sp³-hybridized carbons (Fsp3) is 0.188. The lowest BCUT2D eigenvalue weighted by Crippen LogP contribution is -2.28. The van der Waals surface area contributed by atoms with Crippen LogP contribution in [-0.4, -0.2) is 11.1 Å². The van der Waals surface area contributed by atoms with E-state index in [1.807, 2.05) is 31.2 Å². The van der Waals surface area contributed by atoms with Gasteiger partial charge in [0.25, 0.3) is 0 Å². The number of aliphatic carboxylic acids is 1. The summed E-state index contributed by atoms with van der Waals surface area (Å²) in [5, 5.41) is 12.2. The molecule has 0 aromatic heterocycles. The summed E-state index contributed by atoms with van der Waals surface area (Å²) in [6, 6.07) is 12.5. The van der Waals surface area contributed by atoms with Gasteiger partial charge in [-0.3, -0.25) is 10.1 Å². The van der Waals surface area contributed by atoms with Gasteiger partial charge in [0, 0.05) is 6.54 Å². The quantitative estimate of drug-likeness (QED) is 0.880. The molecule has 0 aliphatic carbocycles. The first-order valence-corrected chi connectivity index (χ1v) is 6.33. The third kappa shape index (κ3) is 3.65. The van der Waals surface area contributed by atoms with Crippen molar-refractivity contribution >= 4 is 5.97 Å². The van der Waals surface area contributed by atoms with Gasteiger partial charge in [-0.05, 0) is 30.2 Å². The van der Waals surface area contributed by atoms with Crippen molar-refractivity contribution in [2.45, 2.75) is 19.5 Å². The van der Waals surface area contributed by atoms with Crippen LogP contribution in [0.5, 0.6) is 0 Å². The van der Waals surface area contributed by atoms with Crippen LogP contribution in [0.3, 0.4) is 0 Å². The van der Waals surface area contributed by atoms with E-state index >= 15 is 0 Å². The normalized spacial score (nSPS) is 12.1. The van der Waals surface area contributed by atoms with E-state index in [0.29, 0.717) is 12.1 Å². The third-order valence-corrected chi connectivity index (χ3v) is 3.06. The number of aryl methyl sites for hydroxylation is 1. The van der Waals surface area contributed by atoms with Gasteiger partial charge in [0.2, 0.25) is 0 Å². The zero-order chi connectivity index (χ0) is 14.5. The van der Waals surface area contributed by atoms with Crippen molar-refractivity contribution < 1.29 is 14.3 Å². The van der Waals surface area contributed by atoms with Gasteiger partial charge in [-0.25, -0.2) is 4.39 Å². The number of halogens is 1. The van der Waals surface area contributed by atoms with Crippen molar-refractivity contribution in [3.05, 3.63) is 71.0 Å². The minimum Gasteiger partial charge on any atom is -0.480 e. The summed E-state index contributed by atoms with van der Waals surface area (Å²) < 4.78 is 13.2. The Morgan fingerprint density at radius 3 is 2.55 bits per heavy atom. The van der Waals surface area contributed by atoms with E-state index in [2.05, 4.69) is 5.32 Å². The van der Waals surface area contributed by atoms with Crippen LogP contribution in [0.1, 0.15) is 22.7 Å². The summed E-state index contributed by atoms with van der Waals surface area (Å²) >= 11 is 0. The lowest BCUT2D eigenvalue weighted by molar-refractivity contribution is -0.139. The highest BCUT2D eigenvalue weighted by atomic mass is 19.1. The average molecular weight is 273 g/mol. The number of carboxylic acids is 1. The Bertz CT molecular complexity index is 596. The van der Waals surface area contributed by atoms with Gasteiger partial charge in [-0.1, -0.05) is 42.0 Å². The van der Waals surface area contributed by atoms with Crippen molar-refractivity contribution in [3.8, 4) is 0 Å². The maximum atomic E-state index is 13.2. The van der Waals surface area contributed by atoms with Crippen LogP contribution >= 0.6 is 0 Å². The lowest BCUT2D eigenvalue weighted by Gasteiger charge is -2.15. The standard InChI is InChI=1S/C16H16FNO2/c1-11-5-7-12(8-6-11)10-18-15(16(19)20)13-3-2-4-14(17)9-13/h2-9,15,18H,10H2,1H3,(H,19,20). The molecule has 0 radical (unpaired) electrons. The summed E-state index contributed by atoms with van der Waals surface area (Å²) in [4.78, 5) is 11.3. The minimum absolute atomic E-state index is 0.407. The van der Waals surface area contributed by atoms with Crippen molar-refractivity contribution in [1.29, 1.82) is 0 Å². The molecule has 0 saturated carbocycles. The van der Waals surface area contributed by atoms with Crippen molar-refractivity contribution in [2.24, 2.45) is 0 Å². The summed E-state index contributed by atoms with van der Waals surface area (Å²) in [5.41, 5.74) is 2.54. The fourth-order valence-electron chi connectivity index (χ4n) is 1.96. The molecule has 2 rings (SSSR count). The molecule has 0 aliphatic heterocycles. The Kier molecular flexibility index (Phi) is 4.48. The third-order valence-electron chi connectivity index (χ3n) is 3.06. The monoisotopic (exact) mass is 273 g/mol. The predicted octanol–water partition coefficient (Wildman–Crippen LogP) is 3.05. The highest BCUT2D eigenvalue weighted by Gasteiger charge is 2.19. The van der Waals surface area contributed by atoms with Crippen LogP contribution in [0.4, 0.5) is 4.39 Å². The Labute approximate surface area is 117 Å². The lowest BCUT2D eigenvalue weighted by atomic mass is 10.1. The first kappa shape index (κ1) is 14.2. The molecule has 20 heavy (non-hydrogen) atoms. The second-order valence-corrected chi connectivity index (χ2v) is 4.69. The maximum absolute atomic E-state index is 13.2. The number of rotatable bonds is 5. The van der Waals surface area contributed by atoms with Crippen LogP contribution in [0, 0.1) is 12.7 Å². The minimum atomic E-state index is -1.03. The Hall–Kier alpha value is -2.20. The highest BCUT2D eigenvalue weighted by molar-refractivity contribution is 5.75. The van der Waals surface area contributed by atoms with Crippen molar-refractivity contribution in [1.82, 2.24) is 5.32 Å². The van der Waals surface area contributed by atoms with Gasteiger partial charge in [0.05, 0.1) is 0 Å². The molecule has 0 saturated heterocycles. The summed E-state index contributed by atoms with van der Waals surface area (Å²) in [6.07, 6.45) is 0. The van der Waals surface area contributed by atoms with E-state index < -0.39 is 17.8 Å². The molecule has 1 unspecified atom stereocenters. The van der Waals surface area contributed by atoms with E-state index in [9.17, 15) is 14.3 Å². The second kappa shape index (κ2) is 6.30. The molecular formula is C16H16FNO2. The first-order valence-electron chi connectivity index (χ1n) is 6.33. The SMILES string of the molecule is Cc1ccc(CNC(C(=O)O)c2cccc(F)c2)cc1. The van der Waals surface area contributed by atoms with Crippen LogP contribution in [0.2, 0.25) is 0 Å². The fourth-order valence-corrected chi connectivity index (χ4v) is 1.96. The molecule has 2 aromatic carbocycles. The van der Waals surface area contributed by atoms with E-state index in [0.717, 1.165) is 11.1 Å². The molecule has 0 heterocycles. The molecule has 0 amide bonds. The zero-order valence-corrected chi connectivity index (χ0v) is 11.1. The van der Waals surface area contributed by atoms with E-state index in [1.165, 1.54) is 18.2 Å². The number of hydrogen-bond acceptors (Lipinski definition) is 2. The van der Waals surface area contributed by atoms with Crippen molar-refractivity contribution in [3.63, 3.8) is 0 Å². The van der Waals surface area contributed by atoms with E-state index in [4.69, 9.17) is 0 Å². The summed E-state index contributed by atoms with van der Waals surface area (Å²) in [7, 11) is 0. The molecule has 3 nitrogen and oxygen atoms in total. The van der Waals surface area contributed by atoms with Crippen molar-refractivity contribution in [2.75, 3.05) is 0 Å². The van der Waals surface area contributed by atoms with Gasteiger partial charge in [0.15, 0.2) is 0 Å². The summed E-state index contributed by atoms with van der Waals surface area (Å²) in [6.45, 7) is 2.40. The largest absolute Gasteiger partial charge is 0.480 e. The van der Waals surface area contributed by atoms with Crippen LogP contribution in [0.25, 0.3) is 0 Å². The predicted molar refractivity (Wildman–Crippen MR) is 74.8 cm³/mol. The van der Waals surface area contributed by atoms with Gasteiger partial charge in [-0.2, -0.15) is 0 Å². The first-order chi connectivity index (χ1) is 9.56. The topological polar surface area (TPSA) is 49.3 Å². The molecule has 0 bridgehead atoms. The van der Waals surface area contributed by atoms with Crippen LogP contribution in [0.15, 0.2) is 48.5 Å².